The lowest BCUT2D eigenvalue weighted by molar-refractivity contribution is 0.00105. The number of halogens is 1. The second-order valence-electron chi connectivity index (χ2n) is 5.19. The van der Waals surface area contributed by atoms with Crippen molar-refractivity contribution >= 4 is 15.9 Å². The Labute approximate surface area is 116 Å². The van der Waals surface area contributed by atoms with Gasteiger partial charge < -0.3 is 15.6 Å². The first-order valence-corrected chi connectivity index (χ1v) is 7.20. The van der Waals surface area contributed by atoms with E-state index in [9.17, 15) is 5.11 Å². The average molecular weight is 314 g/mol. The van der Waals surface area contributed by atoms with E-state index in [1.165, 1.54) is 0 Å². The third kappa shape index (κ3) is 3.25. The van der Waals surface area contributed by atoms with Crippen molar-refractivity contribution in [3.05, 3.63) is 28.2 Å². The lowest BCUT2D eigenvalue weighted by Gasteiger charge is -2.23. The fourth-order valence-corrected chi connectivity index (χ4v) is 2.77. The number of benzene rings is 1. The molecule has 0 heterocycles. The highest BCUT2D eigenvalue weighted by Crippen LogP contribution is 2.32. The van der Waals surface area contributed by atoms with Crippen molar-refractivity contribution in [2.45, 2.75) is 44.2 Å². The summed E-state index contributed by atoms with van der Waals surface area (Å²) in [4.78, 5) is 0. The van der Waals surface area contributed by atoms with Crippen molar-refractivity contribution in [1.82, 2.24) is 0 Å². The van der Waals surface area contributed by atoms with Gasteiger partial charge in [0.25, 0.3) is 0 Å². The summed E-state index contributed by atoms with van der Waals surface area (Å²) in [6.45, 7) is 2.28. The van der Waals surface area contributed by atoms with E-state index in [0.717, 1.165) is 41.5 Å². The molecule has 3 N–H and O–H groups in total. The van der Waals surface area contributed by atoms with E-state index in [-0.39, 0.29) is 6.04 Å². The summed E-state index contributed by atoms with van der Waals surface area (Å²) in [6, 6.07) is 5.72. The molecule has 3 nitrogen and oxygen atoms in total. The van der Waals surface area contributed by atoms with E-state index in [2.05, 4.69) is 15.9 Å². The molecular formula is C14H20BrNO2. The molecule has 1 saturated carbocycles. The zero-order chi connectivity index (χ0) is 13.2. The van der Waals surface area contributed by atoms with Crippen molar-refractivity contribution in [3.8, 4) is 5.75 Å². The van der Waals surface area contributed by atoms with Crippen LogP contribution in [0.4, 0.5) is 0 Å². The van der Waals surface area contributed by atoms with Crippen LogP contribution < -0.4 is 10.5 Å². The average Bonchev–Trinajstić information content (AvgIpc) is 2.75. The first kappa shape index (κ1) is 13.8. The van der Waals surface area contributed by atoms with Gasteiger partial charge in [-0.2, -0.15) is 0 Å². The van der Waals surface area contributed by atoms with Gasteiger partial charge in [0.2, 0.25) is 0 Å². The van der Waals surface area contributed by atoms with Gasteiger partial charge in [0.05, 0.1) is 5.60 Å². The molecule has 0 aliphatic heterocycles. The Balaban J connectivity index is 2.09. The molecule has 2 rings (SSSR count). The molecule has 0 bridgehead atoms. The number of rotatable bonds is 4. The minimum absolute atomic E-state index is 0.0873. The molecule has 0 amide bonds. The maximum absolute atomic E-state index is 10.3. The Morgan fingerprint density at radius 3 is 2.72 bits per heavy atom. The molecule has 0 spiro atoms. The van der Waals surface area contributed by atoms with Crippen LogP contribution >= 0.6 is 15.9 Å². The van der Waals surface area contributed by atoms with Crippen LogP contribution in [0.25, 0.3) is 0 Å². The fourth-order valence-electron chi connectivity index (χ4n) is 2.40. The van der Waals surface area contributed by atoms with Crippen LogP contribution in [0.2, 0.25) is 0 Å². The van der Waals surface area contributed by atoms with Crippen molar-refractivity contribution < 1.29 is 9.84 Å². The van der Waals surface area contributed by atoms with Crippen molar-refractivity contribution in [2.24, 2.45) is 5.73 Å². The highest BCUT2D eigenvalue weighted by molar-refractivity contribution is 9.10. The van der Waals surface area contributed by atoms with Gasteiger partial charge in [0, 0.05) is 16.1 Å². The summed E-state index contributed by atoms with van der Waals surface area (Å²) in [6.07, 6.45) is 3.83. The maximum atomic E-state index is 10.3. The summed E-state index contributed by atoms with van der Waals surface area (Å²) in [5.41, 5.74) is 6.25. The van der Waals surface area contributed by atoms with Crippen LogP contribution in [0.15, 0.2) is 22.7 Å². The molecule has 1 aromatic rings. The van der Waals surface area contributed by atoms with E-state index in [0.29, 0.717) is 6.61 Å². The van der Waals surface area contributed by atoms with Gasteiger partial charge in [0.15, 0.2) is 0 Å². The Bertz CT molecular complexity index is 414. The number of nitrogens with two attached hydrogens (primary N) is 1. The quantitative estimate of drug-likeness (QED) is 0.897. The van der Waals surface area contributed by atoms with E-state index in [1.807, 2.05) is 25.1 Å². The summed E-state index contributed by atoms with van der Waals surface area (Å²) in [5.74, 6) is 0.772. The molecule has 1 fully saturated rings. The van der Waals surface area contributed by atoms with Crippen LogP contribution in [0, 0.1) is 0 Å². The third-order valence-corrected chi connectivity index (χ3v) is 3.99. The molecule has 0 radical (unpaired) electrons. The number of hydrogen-bond donors (Lipinski definition) is 2. The first-order chi connectivity index (χ1) is 8.50. The monoisotopic (exact) mass is 313 g/mol. The van der Waals surface area contributed by atoms with Crippen LogP contribution in [-0.4, -0.2) is 17.3 Å². The lowest BCUT2D eigenvalue weighted by atomic mass is 10.0. The van der Waals surface area contributed by atoms with Crippen LogP contribution in [0.3, 0.4) is 0 Å². The third-order valence-electron chi connectivity index (χ3n) is 3.49. The molecule has 1 aromatic carbocycles. The van der Waals surface area contributed by atoms with Crippen molar-refractivity contribution in [3.63, 3.8) is 0 Å². The summed E-state index contributed by atoms with van der Waals surface area (Å²) in [5, 5.41) is 10.3. The second kappa shape index (κ2) is 5.59. The molecule has 100 valence electrons. The maximum Gasteiger partial charge on any atom is 0.124 e. The summed E-state index contributed by atoms with van der Waals surface area (Å²) < 4.78 is 6.78. The van der Waals surface area contributed by atoms with Crippen molar-refractivity contribution in [1.29, 1.82) is 0 Å². The summed E-state index contributed by atoms with van der Waals surface area (Å²) in [7, 11) is 0. The second-order valence-corrected chi connectivity index (χ2v) is 6.11. The highest BCUT2D eigenvalue weighted by atomic mass is 79.9. The molecule has 1 atom stereocenters. The van der Waals surface area contributed by atoms with Crippen LogP contribution in [0.5, 0.6) is 5.75 Å². The predicted molar refractivity (Wildman–Crippen MR) is 75.7 cm³/mol. The Morgan fingerprint density at radius 1 is 1.44 bits per heavy atom. The number of ether oxygens (including phenoxy) is 1. The molecule has 18 heavy (non-hydrogen) atoms. The Hall–Kier alpha value is -0.580. The van der Waals surface area contributed by atoms with E-state index >= 15 is 0 Å². The lowest BCUT2D eigenvalue weighted by Crippen LogP contribution is -2.32. The highest BCUT2D eigenvalue weighted by Gasteiger charge is 2.32. The summed E-state index contributed by atoms with van der Waals surface area (Å²) >= 11 is 3.43. The molecule has 0 aromatic heterocycles. The van der Waals surface area contributed by atoms with E-state index < -0.39 is 5.60 Å². The van der Waals surface area contributed by atoms with Gasteiger partial charge in [-0.05, 0) is 38.0 Å². The Kier molecular flexibility index (Phi) is 4.30. The molecule has 1 aliphatic carbocycles. The SMILES string of the molecule is CC(N)c1cc(Br)ccc1OCC1(O)CCCC1. The zero-order valence-corrected chi connectivity index (χ0v) is 12.2. The molecule has 1 unspecified atom stereocenters. The standard InChI is InChI=1S/C14H20BrNO2/c1-10(16)12-8-11(15)4-5-13(12)18-9-14(17)6-2-3-7-14/h4-5,8,10,17H,2-3,6-7,9,16H2,1H3. The Morgan fingerprint density at radius 2 is 2.11 bits per heavy atom. The number of hydrogen-bond acceptors (Lipinski definition) is 3. The van der Waals surface area contributed by atoms with Gasteiger partial charge >= 0.3 is 0 Å². The van der Waals surface area contributed by atoms with E-state index in [1.54, 1.807) is 0 Å². The normalized spacial score (nSPS) is 19.8. The van der Waals surface area contributed by atoms with Gasteiger partial charge in [0.1, 0.15) is 12.4 Å². The molecule has 1 aliphatic rings. The number of aliphatic hydroxyl groups is 1. The topological polar surface area (TPSA) is 55.5 Å². The molecular weight excluding hydrogens is 294 g/mol. The van der Waals surface area contributed by atoms with Gasteiger partial charge in [-0.25, -0.2) is 0 Å². The van der Waals surface area contributed by atoms with Crippen LogP contribution in [-0.2, 0) is 0 Å². The minimum Gasteiger partial charge on any atom is -0.490 e. The largest absolute Gasteiger partial charge is 0.490 e. The van der Waals surface area contributed by atoms with Gasteiger partial charge in [-0.1, -0.05) is 28.8 Å². The van der Waals surface area contributed by atoms with Crippen LogP contribution in [0.1, 0.15) is 44.2 Å². The minimum atomic E-state index is -0.651. The zero-order valence-electron chi connectivity index (χ0n) is 10.7. The predicted octanol–water partition coefficient (Wildman–Crippen LogP) is 3.15. The molecule has 4 heteroatoms. The fraction of sp³-hybridized carbons (Fsp3) is 0.571. The van der Waals surface area contributed by atoms with Gasteiger partial charge in [-0.15, -0.1) is 0 Å². The first-order valence-electron chi connectivity index (χ1n) is 6.40. The smallest absolute Gasteiger partial charge is 0.124 e. The van der Waals surface area contributed by atoms with Crippen molar-refractivity contribution in [2.75, 3.05) is 6.61 Å². The molecule has 0 saturated heterocycles. The van der Waals surface area contributed by atoms with Gasteiger partial charge in [-0.3, -0.25) is 0 Å². The van der Waals surface area contributed by atoms with E-state index in [4.69, 9.17) is 10.5 Å².